The van der Waals surface area contributed by atoms with Crippen molar-refractivity contribution in [1.29, 1.82) is 0 Å². The van der Waals surface area contributed by atoms with Crippen molar-refractivity contribution in [1.82, 2.24) is 14.4 Å². The topological polar surface area (TPSA) is 106 Å². The van der Waals surface area contributed by atoms with Gasteiger partial charge in [-0.15, -0.1) is 0 Å². The molecule has 1 atom stereocenters. The summed E-state index contributed by atoms with van der Waals surface area (Å²) in [5.74, 6) is -0.381. The fourth-order valence-corrected chi connectivity index (χ4v) is 7.14. The third-order valence-corrected chi connectivity index (χ3v) is 9.32. The van der Waals surface area contributed by atoms with Crippen molar-refractivity contribution in [3.63, 3.8) is 0 Å². The van der Waals surface area contributed by atoms with E-state index in [4.69, 9.17) is 19.4 Å². The number of ketones is 1. The number of fused-ring (bicyclic) bond motifs is 2. The molecule has 0 aliphatic carbocycles. The molecule has 9 nitrogen and oxygen atoms in total. The molecule has 10 heteroatoms. The molecule has 6 rings (SSSR count). The predicted molar refractivity (Wildman–Crippen MR) is 181 cm³/mol. The summed E-state index contributed by atoms with van der Waals surface area (Å²) in [5, 5.41) is 12.3. The molecule has 3 aromatic heterocycles. The van der Waals surface area contributed by atoms with Crippen LogP contribution in [0.25, 0.3) is 21.6 Å². The first kappa shape index (κ1) is 31.3. The number of aryl methyl sites for hydroxylation is 4. The van der Waals surface area contributed by atoms with Crippen molar-refractivity contribution in [2.24, 2.45) is 5.92 Å². The first-order valence-corrected chi connectivity index (χ1v) is 16.3. The molecule has 0 radical (unpaired) electrons. The molecule has 1 N–H and O–H groups in total. The fourth-order valence-electron chi connectivity index (χ4n) is 5.97. The molecule has 2 aromatic carbocycles. The summed E-state index contributed by atoms with van der Waals surface area (Å²) >= 11 is 1.34. The Bertz CT molecular complexity index is 2040. The number of carbonyl (C=O) groups is 2. The van der Waals surface area contributed by atoms with E-state index in [9.17, 15) is 14.7 Å². The van der Waals surface area contributed by atoms with Crippen LogP contribution in [0, 0.1) is 33.6 Å². The van der Waals surface area contributed by atoms with Gasteiger partial charge in [-0.1, -0.05) is 43.4 Å². The smallest absolute Gasteiger partial charge is 0.301 e. The van der Waals surface area contributed by atoms with Gasteiger partial charge in [0.1, 0.15) is 11.3 Å². The van der Waals surface area contributed by atoms with Gasteiger partial charge >= 0.3 is 5.91 Å². The first-order valence-electron chi connectivity index (χ1n) is 15.5. The molecule has 46 heavy (non-hydrogen) atoms. The van der Waals surface area contributed by atoms with Crippen LogP contribution in [0.5, 0.6) is 11.5 Å². The van der Waals surface area contributed by atoms with Crippen molar-refractivity contribution in [2.75, 3.05) is 18.1 Å². The molecule has 1 fully saturated rings. The van der Waals surface area contributed by atoms with Crippen molar-refractivity contribution >= 4 is 49.8 Å². The van der Waals surface area contributed by atoms with E-state index in [1.165, 1.54) is 16.2 Å². The zero-order chi connectivity index (χ0) is 32.9. The Labute approximate surface area is 272 Å². The van der Waals surface area contributed by atoms with Gasteiger partial charge in [-0.25, -0.2) is 9.97 Å². The molecule has 5 aromatic rings. The van der Waals surface area contributed by atoms with E-state index in [0.717, 1.165) is 33.3 Å². The van der Waals surface area contributed by atoms with Crippen LogP contribution < -0.4 is 14.4 Å². The monoisotopic (exact) mass is 638 g/mol. The standard InChI is InChI=1S/C36H38N4O5S/c1-8-44-26-18-24(11-12-25(26)45-15-13-19(2)3)31-28(32(41)30-23(7)39-14-9-10-21(5)34(39)37-30)33(42)35(43)40(31)36-38-29-22(6)16-20(4)17-27(29)46-36/h9-12,14,16-19,31,41H,8,13,15H2,1-7H3. The summed E-state index contributed by atoms with van der Waals surface area (Å²) in [5.41, 5.74) is 5.79. The SMILES string of the molecule is CCOc1cc(C2C(=C(O)c3nc4c(C)cccn4c3C)C(=O)C(=O)N2c2nc3c(C)cc(C)cc3s2)ccc1OCCC(C)C. The number of imidazole rings is 1. The lowest BCUT2D eigenvalue weighted by molar-refractivity contribution is -0.132. The molecule has 1 amide bonds. The zero-order valence-electron chi connectivity index (χ0n) is 27.2. The van der Waals surface area contributed by atoms with Gasteiger partial charge in [0.25, 0.3) is 5.78 Å². The Balaban J connectivity index is 1.56. The van der Waals surface area contributed by atoms with Gasteiger partial charge in [0, 0.05) is 6.20 Å². The fraction of sp³-hybridized carbons (Fsp3) is 0.333. The second-order valence-corrected chi connectivity index (χ2v) is 13.2. The van der Waals surface area contributed by atoms with Crippen molar-refractivity contribution in [3.8, 4) is 11.5 Å². The van der Waals surface area contributed by atoms with Gasteiger partial charge in [0.15, 0.2) is 22.4 Å². The third kappa shape index (κ3) is 5.40. The van der Waals surface area contributed by atoms with Crippen molar-refractivity contribution in [3.05, 3.63) is 87.9 Å². The minimum atomic E-state index is -0.990. The normalized spacial score (nSPS) is 16.3. The number of anilines is 1. The van der Waals surface area contributed by atoms with Crippen LogP contribution in [-0.4, -0.2) is 44.4 Å². The number of hydrogen-bond acceptors (Lipinski definition) is 8. The Morgan fingerprint density at radius 2 is 1.78 bits per heavy atom. The van der Waals surface area contributed by atoms with E-state index in [2.05, 4.69) is 13.8 Å². The van der Waals surface area contributed by atoms with Gasteiger partial charge < -0.3 is 19.0 Å². The van der Waals surface area contributed by atoms with Crippen LogP contribution in [0.15, 0.2) is 54.2 Å². The predicted octanol–water partition coefficient (Wildman–Crippen LogP) is 7.63. The Morgan fingerprint density at radius 3 is 2.50 bits per heavy atom. The number of benzene rings is 2. The molecular formula is C36H38N4O5S. The number of ether oxygens (including phenoxy) is 2. The van der Waals surface area contributed by atoms with E-state index < -0.39 is 17.7 Å². The Hall–Kier alpha value is -4.70. The number of thiazole rings is 1. The molecule has 238 valence electrons. The average Bonchev–Trinajstić information content (AvgIpc) is 3.66. The highest BCUT2D eigenvalue weighted by Gasteiger charge is 2.49. The molecule has 0 bridgehead atoms. The Kier molecular flexibility index (Phi) is 8.33. The Morgan fingerprint density at radius 1 is 1.00 bits per heavy atom. The number of hydrogen-bond donors (Lipinski definition) is 1. The van der Waals surface area contributed by atoms with Gasteiger partial charge in [0.2, 0.25) is 0 Å². The molecular weight excluding hydrogens is 600 g/mol. The van der Waals surface area contributed by atoms with Gasteiger partial charge in [0.05, 0.1) is 40.7 Å². The van der Waals surface area contributed by atoms with E-state index in [1.54, 1.807) is 12.1 Å². The highest BCUT2D eigenvalue weighted by atomic mass is 32.1. The van der Waals surface area contributed by atoms with Crippen LogP contribution in [0.2, 0.25) is 0 Å². The van der Waals surface area contributed by atoms with Crippen LogP contribution >= 0.6 is 11.3 Å². The van der Waals surface area contributed by atoms with E-state index in [1.807, 2.05) is 75.5 Å². The molecule has 1 aliphatic heterocycles. The summed E-state index contributed by atoms with van der Waals surface area (Å²) in [7, 11) is 0. The lowest BCUT2D eigenvalue weighted by Crippen LogP contribution is -2.29. The third-order valence-electron chi connectivity index (χ3n) is 8.31. The largest absolute Gasteiger partial charge is 0.505 e. The lowest BCUT2D eigenvalue weighted by atomic mass is 9.96. The van der Waals surface area contributed by atoms with Gasteiger partial charge in [-0.2, -0.15) is 0 Å². The molecule has 0 saturated carbocycles. The summed E-state index contributed by atoms with van der Waals surface area (Å²) in [4.78, 5) is 38.9. The van der Waals surface area contributed by atoms with Crippen LogP contribution in [0.3, 0.4) is 0 Å². The number of aliphatic hydroxyl groups excluding tert-OH is 1. The summed E-state index contributed by atoms with van der Waals surface area (Å²) in [6, 6.07) is 12.3. The summed E-state index contributed by atoms with van der Waals surface area (Å²) in [6.07, 6.45) is 2.73. The second kappa shape index (κ2) is 12.2. The zero-order valence-corrected chi connectivity index (χ0v) is 28.0. The van der Waals surface area contributed by atoms with Crippen LogP contribution in [0.1, 0.15) is 66.9 Å². The molecule has 1 saturated heterocycles. The average molecular weight is 639 g/mol. The number of Topliss-reactive ketones (excluding diaryl/α,β-unsaturated/α-hetero) is 1. The van der Waals surface area contributed by atoms with Gasteiger partial charge in [-0.05, 0) is 93.5 Å². The van der Waals surface area contributed by atoms with Crippen LogP contribution in [-0.2, 0) is 9.59 Å². The highest BCUT2D eigenvalue weighted by Crippen LogP contribution is 2.46. The number of nitrogens with zero attached hydrogens (tertiary/aromatic N) is 4. The minimum absolute atomic E-state index is 0.0581. The number of carbonyl (C=O) groups excluding carboxylic acids is 2. The summed E-state index contributed by atoms with van der Waals surface area (Å²) in [6.45, 7) is 14.8. The second-order valence-electron chi connectivity index (χ2n) is 12.2. The molecule has 1 unspecified atom stereocenters. The number of aromatic nitrogens is 3. The summed E-state index contributed by atoms with van der Waals surface area (Å²) < 4.78 is 14.9. The van der Waals surface area contributed by atoms with Crippen molar-refractivity contribution < 1.29 is 24.2 Å². The maximum atomic E-state index is 14.0. The van der Waals surface area contributed by atoms with E-state index >= 15 is 0 Å². The molecule has 4 heterocycles. The van der Waals surface area contributed by atoms with Gasteiger partial charge in [-0.3, -0.25) is 14.5 Å². The molecule has 1 aliphatic rings. The highest BCUT2D eigenvalue weighted by molar-refractivity contribution is 7.22. The number of amides is 1. The minimum Gasteiger partial charge on any atom is -0.505 e. The van der Waals surface area contributed by atoms with E-state index in [0.29, 0.717) is 52.7 Å². The van der Waals surface area contributed by atoms with Crippen LogP contribution in [0.4, 0.5) is 5.13 Å². The number of aliphatic hydroxyl groups is 1. The maximum absolute atomic E-state index is 14.0. The van der Waals surface area contributed by atoms with E-state index in [-0.39, 0.29) is 17.0 Å². The number of pyridine rings is 1. The maximum Gasteiger partial charge on any atom is 0.301 e. The first-order chi connectivity index (χ1) is 22.0. The quantitative estimate of drug-likeness (QED) is 0.101. The van der Waals surface area contributed by atoms with Crippen molar-refractivity contribution in [2.45, 2.75) is 60.9 Å². The molecule has 0 spiro atoms. The lowest BCUT2D eigenvalue weighted by Gasteiger charge is -2.24. The number of rotatable bonds is 9.